The number of nitrogens with two attached hydrogens (primary N) is 1. The molecule has 4 rings (SSSR count). The lowest BCUT2D eigenvalue weighted by Crippen LogP contribution is -2.38. The lowest BCUT2D eigenvalue weighted by atomic mass is 10.2. The first-order chi connectivity index (χ1) is 12.5. The van der Waals surface area contributed by atoms with Gasteiger partial charge in [-0.25, -0.2) is 9.97 Å². The van der Waals surface area contributed by atoms with E-state index in [0.717, 1.165) is 5.69 Å². The van der Waals surface area contributed by atoms with Crippen LogP contribution in [-0.2, 0) is 20.1 Å². The summed E-state index contributed by atoms with van der Waals surface area (Å²) in [6, 6.07) is 5.11. The summed E-state index contributed by atoms with van der Waals surface area (Å²) in [6.45, 7) is 1.52. The number of nitrogen functional groups attached to an aromatic ring is 1. The highest BCUT2D eigenvalue weighted by atomic mass is 16.3. The summed E-state index contributed by atoms with van der Waals surface area (Å²) in [7, 11) is 1.82. The molecule has 0 aliphatic carbocycles. The van der Waals surface area contributed by atoms with E-state index in [9.17, 15) is 9.90 Å². The first-order valence-electron chi connectivity index (χ1n) is 8.25. The molecular weight excluding hydrogens is 334 g/mol. The predicted molar refractivity (Wildman–Crippen MR) is 92.9 cm³/mol. The number of rotatable bonds is 3. The number of carbonyl (C=O) groups is 1. The van der Waals surface area contributed by atoms with Gasteiger partial charge in [-0.2, -0.15) is 5.10 Å². The first-order valence-corrected chi connectivity index (χ1v) is 8.25. The van der Waals surface area contributed by atoms with E-state index < -0.39 is 6.10 Å². The van der Waals surface area contributed by atoms with Crippen LogP contribution in [0.5, 0.6) is 0 Å². The molecule has 0 saturated carbocycles. The quantitative estimate of drug-likeness (QED) is 0.701. The second-order valence-electron chi connectivity index (χ2n) is 6.28. The van der Waals surface area contributed by atoms with Crippen LogP contribution < -0.4 is 5.73 Å². The van der Waals surface area contributed by atoms with E-state index in [1.807, 2.05) is 17.8 Å². The Balaban J connectivity index is 1.54. The van der Waals surface area contributed by atoms with Gasteiger partial charge in [-0.05, 0) is 18.2 Å². The van der Waals surface area contributed by atoms with E-state index in [1.165, 1.54) is 6.20 Å². The first kappa shape index (κ1) is 16.3. The Kier molecular flexibility index (Phi) is 3.92. The Morgan fingerprint density at radius 1 is 1.31 bits per heavy atom. The van der Waals surface area contributed by atoms with Crippen molar-refractivity contribution in [3.05, 3.63) is 59.6 Å². The molecule has 1 amide bonds. The maximum atomic E-state index is 12.6. The van der Waals surface area contributed by atoms with E-state index in [4.69, 9.17) is 5.73 Å². The van der Waals surface area contributed by atoms with Crippen LogP contribution in [0, 0.1) is 0 Å². The normalized spacial score (nSPS) is 14.9. The van der Waals surface area contributed by atoms with Crippen molar-refractivity contribution in [1.82, 2.24) is 29.2 Å². The number of aliphatic hydroxyl groups is 1. The van der Waals surface area contributed by atoms with Crippen LogP contribution in [0.3, 0.4) is 0 Å². The average molecular weight is 353 g/mol. The highest BCUT2D eigenvalue weighted by Crippen LogP contribution is 2.23. The van der Waals surface area contributed by atoms with Crippen molar-refractivity contribution in [1.29, 1.82) is 0 Å². The van der Waals surface area contributed by atoms with Gasteiger partial charge in [0.1, 0.15) is 11.6 Å². The summed E-state index contributed by atoms with van der Waals surface area (Å²) in [5.41, 5.74) is 7.47. The molecule has 0 bridgehead atoms. The van der Waals surface area contributed by atoms with Gasteiger partial charge in [0.25, 0.3) is 5.91 Å². The molecule has 4 heterocycles. The third-order valence-electron chi connectivity index (χ3n) is 4.52. The number of anilines is 1. The van der Waals surface area contributed by atoms with Crippen molar-refractivity contribution < 1.29 is 9.90 Å². The van der Waals surface area contributed by atoms with Crippen LogP contribution in [0.2, 0.25) is 0 Å². The number of hydrogen-bond acceptors (Lipinski definition) is 6. The summed E-state index contributed by atoms with van der Waals surface area (Å²) in [5.74, 6) is 0.809. The number of aliphatic hydroxyl groups excluding tert-OH is 1. The van der Waals surface area contributed by atoms with Crippen LogP contribution in [0.15, 0.2) is 36.8 Å². The molecule has 0 saturated heterocycles. The van der Waals surface area contributed by atoms with Crippen molar-refractivity contribution in [2.75, 3.05) is 12.3 Å². The van der Waals surface area contributed by atoms with Crippen molar-refractivity contribution in [3.8, 4) is 0 Å². The number of hydrogen-bond donors (Lipinski definition) is 2. The molecule has 0 radical (unpaired) electrons. The van der Waals surface area contributed by atoms with Crippen LogP contribution in [0.4, 0.5) is 5.82 Å². The SMILES string of the molecule is Cn1ccnc1[C@@H](O)c1cc2n(n1)CCN(C(=O)c1ccc(N)nc1)C2. The summed E-state index contributed by atoms with van der Waals surface area (Å²) in [6.07, 6.45) is 3.99. The highest BCUT2D eigenvalue weighted by molar-refractivity contribution is 5.94. The number of pyridine rings is 1. The molecular formula is C17H19N7O2. The van der Waals surface area contributed by atoms with Crippen LogP contribution in [0.1, 0.15) is 33.7 Å². The van der Waals surface area contributed by atoms with E-state index in [-0.39, 0.29) is 5.91 Å². The fraction of sp³-hybridized carbons (Fsp3) is 0.294. The van der Waals surface area contributed by atoms with Gasteiger partial charge < -0.3 is 20.3 Å². The average Bonchev–Trinajstić information content (AvgIpc) is 3.26. The number of aromatic nitrogens is 5. The van der Waals surface area contributed by atoms with Gasteiger partial charge in [0.15, 0.2) is 6.10 Å². The monoisotopic (exact) mass is 353 g/mol. The molecule has 0 unspecified atom stereocenters. The molecule has 1 atom stereocenters. The molecule has 1 aliphatic rings. The predicted octanol–water partition coefficient (Wildman–Crippen LogP) is 0.331. The topological polar surface area (TPSA) is 115 Å². The zero-order chi connectivity index (χ0) is 18.3. The maximum Gasteiger partial charge on any atom is 0.255 e. The third-order valence-corrected chi connectivity index (χ3v) is 4.52. The lowest BCUT2D eigenvalue weighted by molar-refractivity contribution is 0.0705. The number of nitrogens with zero attached hydrogens (tertiary/aromatic N) is 6. The minimum Gasteiger partial charge on any atom is -0.384 e. The Morgan fingerprint density at radius 2 is 2.15 bits per heavy atom. The maximum absolute atomic E-state index is 12.6. The Bertz CT molecular complexity index is 944. The molecule has 0 fully saturated rings. The fourth-order valence-electron chi connectivity index (χ4n) is 3.08. The van der Waals surface area contributed by atoms with Crippen LogP contribution in [0.25, 0.3) is 0 Å². The van der Waals surface area contributed by atoms with Gasteiger partial charge in [0, 0.05) is 32.2 Å². The number of amides is 1. The van der Waals surface area contributed by atoms with Crippen molar-refractivity contribution >= 4 is 11.7 Å². The van der Waals surface area contributed by atoms with E-state index in [0.29, 0.717) is 42.5 Å². The third kappa shape index (κ3) is 2.82. The van der Waals surface area contributed by atoms with Gasteiger partial charge in [0.05, 0.1) is 30.0 Å². The summed E-state index contributed by atoms with van der Waals surface area (Å²) >= 11 is 0. The Labute approximate surface area is 149 Å². The number of carbonyl (C=O) groups excluding carboxylic acids is 1. The summed E-state index contributed by atoms with van der Waals surface area (Å²) in [5, 5.41) is 15.0. The van der Waals surface area contributed by atoms with Crippen molar-refractivity contribution in [2.24, 2.45) is 7.05 Å². The molecule has 1 aliphatic heterocycles. The number of imidazole rings is 1. The number of fused-ring (bicyclic) bond motifs is 1. The second-order valence-corrected chi connectivity index (χ2v) is 6.28. The number of aryl methyl sites for hydroxylation is 1. The summed E-state index contributed by atoms with van der Waals surface area (Å²) < 4.78 is 3.58. The van der Waals surface area contributed by atoms with E-state index in [2.05, 4.69) is 15.1 Å². The van der Waals surface area contributed by atoms with Gasteiger partial charge in [-0.15, -0.1) is 0 Å². The zero-order valence-electron chi connectivity index (χ0n) is 14.3. The molecule has 3 aromatic rings. The molecule has 9 heteroatoms. The van der Waals surface area contributed by atoms with E-state index in [1.54, 1.807) is 34.0 Å². The minimum atomic E-state index is -0.904. The fourth-order valence-corrected chi connectivity index (χ4v) is 3.08. The molecule has 3 N–H and O–H groups in total. The molecule has 3 aromatic heterocycles. The Morgan fingerprint density at radius 3 is 2.85 bits per heavy atom. The van der Waals surface area contributed by atoms with Crippen molar-refractivity contribution in [2.45, 2.75) is 19.2 Å². The standard InChI is InChI=1S/C17H19N7O2/c1-22-5-4-19-16(22)15(25)13-8-12-10-23(6-7-24(12)21-13)17(26)11-2-3-14(18)20-9-11/h2-5,8-9,15,25H,6-7,10H2,1H3,(H2,18,20)/t15-/m0/s1. The molecule has 134 valence electrons. The summed E-state index contributed by atoms with van der Waals surface area (Å²) in [4.78, 5) is 22.5. The van der Waals surface area contributed by atoms with E-state index >= 15 is 0 Å². The molecule has 26 heavy (non-hydrogen) atoms. The zero-order valence-corrected chi connectivity index (χ0v) is 14.3. The lowest BCUT2D eigenvalue weighted by Gasteiger charge is -2.27. The highest BCUT2D eigenvalue weighted by Gasteiger charge is 2.26. The van der Waals surface area contributed by atoms with Gasteiger partial charge in [0.2, 0.25) is 0 Å². The van der Waals surface area contributed by atoms with Gasteiger partial charge in [-0.3, -0.25) is 9.48 Å². The van der Waals surface area contributed by atoms with Gasteiger partial charge >= 0.3 is 0 Å². The second kappa shape index (κ2) is 6.26. The Hall–Kier alpha value is -3.20. The molecule has 0 aromatic carbocycles. The smallest absolute Gasteiger partial charge is 0.255 e. The molecule has 9 nitrogen and oxygen atoms in total. The van der Waals surface area contributed by atoms with Crippen LogP contribution >= 0.6 is 0 Å². The minimum absolute atomic E-state index is 0.101. The molecule has 0 spiro atoms. The van der Waals surface area contributed by atoms with Crippen molar-refractivity contribution in [3.63, 3.8) is 0 Å². The largest absolute Gasteiger partial charge is 0.384 e. The van der Waals surface area contributed by atoms with Gasteiger partial charge in [-0.1, -0.05) is 0 Å². The van der Waals surface area contributed by atoms with Crippen LogP contribution in [-0.4, -0.2) is 46.8 Å².